The van der Waals surface area contributed by atoms with Crippen molar-refractivity contribution in [3.05, 3.63) is 29.8 Å². The van der Waals surface area contributed by atoms with E-state index in [2.05, 4.69) is 10.1 Å². The largest absolute Gasteiger partial charge is 0.434 e. The summed E-state index contributed by atoms with van der Waals surface area (Å²) in [5.74, 6) is 0.169. The number of benzene rings is 1. The smallest absolute Gasteiger partial charge is 0.387 e. The lowest BCUT2D eigenvalue weighted by Gasteiger charge is -2.19. The maximum atomic E-state index is 12.3. The molecular weight excluding hydrogens is 272 g/mol. The van der Waals surface area contributed by atoms with E-state index in [0.29, 0.717) is 12.1 Å². The molecule has 0 aliphatic heterocycles. The van der Waals surface area contributed by atoms with Crippen molar-refractivity contribution in [2.24, 2.45) is 0 Å². The van der Waals surface area contributed by atoms with Crippen LogP contribution >= 0.6 is 0 Å². The molecule has 0 heterocycles. The topological polar surface area (TPSA) is 38.3 Å². The Morgan fingerprint density at radius 1 is 1.32 bits per heavy atom. The molecule has 0 saturated heterocycles. The highest BCUT2D eigenvalue weighted by molar-refractivity contribution is 7.84. The van der Waals surface area contributed by atoms with Crippen LogP contribution in [0.3, 0.4) is 0 Å². The summed E-state index contributed by atoms with van der Waals surface area (Å²) in [5.41, 5.74) is 0.664. The molecule has 3 nitrogen and oxygen atoms in total. The van der Waals surface area contributed by atoms with Gasteiger partial charge in [-0.25, -0.2) is 0 Å². The van der Waals surface area contributed by atoms with Crippen molar-refractivity contribution in [3.8, 4) is 5.75 Å². The van der Waals surface area contributed by atoms with Gasteiger partial charge in [0.2, 0.25) is 0 Å². The quantitative estimate of drug-likeness (QED) is 0.839. The normalized spacial score (nSPS) is 16.1. The van der Waals surface area contributed by atoms with Crippen molar-refractivity contribution in [2.45, 2.75) is 31.8 Å². The first kappa shape index (κ1) is 16.0. The zero-order valence-corrected chi connectivity index (χ0v) is 12.0. The second kappa shape index (κ2) is 7.55. The van der Waals surface area contributed by atoms with Gasteiger partial charge in [0.25, 0.3) is 0 Å². The molecule has 0 bridgehead atoms. The lowest BCUT2D eigenvalue weighted by Crippen LogP contribution is -2.30. The number of alkyl halides is 2. The molecule has 1 rings (SSSR count). The Balaban J connectivity index is 2.70. The fourth-order valence-corrected chi connectivity index (χ4v) is 1.94. The summed E-state index contributed by atoms with van der Waals surface area (Å²) in [4.78, 5) is 0. The van der Waals surface area contributed by atoms with Gasteiger partial charge >= 0.3 is 6.61 Å². The second-order valence-electron chi connectivity index (χ2n) is 4.36. The highest BCUT2D eigenvalue weighted by Crippen LogP contribution is 2.26. The van der Waals surface area contributed by atoms with Gasteiger partial charge < -0.3 is 10.1 Å². The molecule has 6 heteroatoms. The van der Waals surface area contributed by atoms with E-state index in [9.17, 15) is 13.0 Å². The van der Waals surface area contributed by atoms with Crippen LogP contribution in [0.25, 0.3) is 0 Å². The monoisotopic (exact) mass is 291 g/mol. The number of hydrogen-bond acceptors (Lipinski definition) is 3. The summed E-state index contributed by atoms with van der Waals surface area (Å²) in [6.45, 7) is 1.44. The molecule has 1 N–H and O–H groups in total. The van der Waals surface area contributed by atoms with Gasteiger partial charge in [0.05, 0.1) is 0 Å². The number of rotatable bonds is 7. The first-order chi connectivity index (χ1) is 8.91. The fraction of sp³-hybridized carbons (Fsp3) is 0.538. The average molecular weight is 291 g/mol. The lowest BCUT2D eigenvalue weighted by atomic mass is 10.1. The molecule has 0 saturated carbocycles. The van der Waals surface area contributed by atoms with Crippen LogP contribution < -0.4 is 10.1 Å². The number of hydrogen-bond donors (Lipinski definition) is 1. The van der Waals surface area contributed by atoms with Gasteiger partial charge in [-0.05, 0) is 19.9 Å². The van der Waals surface area contributed by atoms with E-state index in [1.807, 2.05) is 13.8 Å². The molecule has 1 aromatic carbocycles. The van der Waals surface area contributed by atoms with Gasteiger partial charge in [-0.15, -0.1) is 0 Å². The van der Waals surface area contributed by atoms with Crippen LogP contribution in [0.2, 0.25) is 0 Å². The first-order valence-electron chi connectivity index (χ1n) is 6.01. The van der Waals surface area contributed by atoms with Crippen LogP contribution in [-0.2, 0) is 10.8 Å². The molecule has 19 heavy (non-hydrogen) atoms. The van der Waals surface area contributed by atoms with Crippen molar-refractivity contribution in [1.29, 1.82) is 0 Å². The van der Waals surface area contributed by atoms with Crippen molar-refractivity contribution in [2.75, 3.05) is 12.8 Å². The molecule has 0 aliphatic carbocycles. The molecule has 0 aliphatic rings. The van der Waals surface area contributed by atoms with E-state index >= 15 is 0 Å². The van der Waals surface area contributed by atoms with Crippen LogP contribution in [0.1, 0.15) is 25.5 Å². The summed E-state index contributed by atoms with van der Waals surface area (Å²) in [7, 11) is -0.911. The zero-order chi connectivity index (χ0) is 14.4. The minimum Gasteiger partial charge on any atom is -0.434 e. The van der Waals surface area contributed by atoms with E-state index in [1.54, 1.807) is 24.5 Å². The molecule has 0 spiro atoms. The molecule has 0 fully saturated rings. The average Bonchev–Trinajstić information content (AvgIpc) is 2.35. The highest BCUT2D eigenvalue weighted by Gasteiger charge is 2.15. The number of ether oxygens (including phenoxy) is 1. The SMILES string of the molecule is CC(NCC(C)S(C)=O)c1ccccc1OC(F)F. The Hall–Kier alpha value is -1.01. The Bertz CT molecular complexity index is 429. The maximum Gasteiger partial charge on any atom is 0.387 e. The molecule has 0 radical (unpaired) electrons. The Kier molecular flexibility index (Phi) is 6.37. The summed E-state index contributed by atoms with van der Waals surface area (Å²) in [6, 6.07) is 6.52. The van der Waals surface area contributed by atoms with Gasteiger partial charge in [0, 0.05) is 40.5 Å². The maximum absolute atomic E-state index is 12.3. The number of para-hydroxylation sites is 1. The first-order valence-corrected chi connectivity index (χ1v) is 7.63. The molecule has 0 amide bonds. The van der Waals surface area contributed by atoms with Crippen molar-refractivity contribution >= 4 is 10.8 Å². The van der Waals surface area contributed by atoms with E-state index < -0.39 is 17.4 Å². The number of halogens is 2. The summed E-state index contributed by atoms with van der Waals surface area (Å²) < 4.78 is 40.3. The standard InChI is InChI=1S/C13H19F2NO2S/c1-9(19(3)17)8-16-10(2)11-6-4-5-7-12(11)18-13(14)15/h4-7,9-10,13,16H,8H2,1-3H3. The molecule has 0 aromatic heterocycles. The third-order valence-corrected chi connectivity index (χ3v) is 4.18. The fourth-order valence-electron chi connectivity index (χ4n) is 1.61. The Labute approximate surface area is 114 Å². The van der Waals surface area contributed by atoms with E-state index in [1.165, 1.54) is 6.07 Å². The van der Waals surface area contributed by atoms with Crippen LogP contribution in [0.4, 0.5) is 8.78 Å². The van der Waals surface area contributed by atoms with Crippen molar-refractivity contribution in [1.82, 2.24) is 5.32 Å². The third-order valence-electron chi connectivity index (χ3n) is 2.88. The van der Waals surface area contributed by atoms with Crippen LogP contribution in [0, 0.1) is 0 Å². The van der Waals surface area contributed by atoms with Gasteiger partial charge in [-0.1, -0.05) is 18.2 Å². The van der Waals surface area contributed by atoms with Crippen LogP contribution in [-0.4, -0.2) is 28.9 Å². The molecule has 108 valence electrons. The predicted octanol–water partition coefficient (Wildman–Crippen LogP) is 2.71. The van der Waals surface area contributed by atoms with Gasteiger partial charge in [0.15, 0.2) is 0 Å². The Morgan fingerprint density at radius 3 is 2.53 bits per heavy atom. The predicted molar refractivity (Wildman–Crippen MR) is 73.0 cm³/mol. The third kappa shape index (κ3) is 5.24. The van der Waals surface area contributed by atoms with Crippen LogP contribution in [0.15, 0.2) is 24.3 Å². The summed E-state index contributed by atoms with van der Waals surface area (Å²) >= 11 is 0. The minimum atomic E-state index is -2.84. The summed E-state index contributed by atoms with van der Waals surface area (Å²) in [6.07, 6.45) is 1.64. The summed E-state index contributed by atoms with van der Waals surface area (Å²) in [5, 5.41) is 3.18. The molecule has 1 aromatic rings. The minimum absolute atomic E-state index is 0.00521. The molecular formula is C13H19F2NO2S. The van der Waals surface area contributed by atoms with Gasteiger partial charge in [0.1, 0.15) is 5.75 Å². The van der Waals surface area contributed by atoms with Crippen molar-refractivity contribution in [3.63, 3.8) is 0 Å². The van der Waals surface area contributed by atoms with E-state index in [4.69, 9.17) is 0 Å². The molecule has 3 atom stereocenters. The van der Waals surface area contributed by atoms with Gasteiger partial charge in [-0.3, -0.25) is 4.21 Å². The zero-order valence-electron chi connectivity index (χ0n) is 11.2. The van der Waals surface area contributed by atoms with E-state index in [-0.39, 0.29) is 17.0 Å². The van der Waals surface area contributed by atoms with E-state index in [0.717, 1.165) is 0 Å². The van der Waals surface area contributed by atoms with Crippen molar-refractivity contribution < 1.29 is 17.7 Å². The Morgan fingerprint density at radius 2 is 1.95 bits per heavy atom. The second-order valence-corrected chi connectivity index (χ2v) is 6.16. The van der Waals surface area contributed by atoms with Gasteiger partial charge in [-0.2, -0.15) is 8.78 Å². The lowest BCUT2D eigenvalue weighted by molar-refractivity contribution is -0.0506. The molecule has 3 unspecified atom stereocenters. The van der Waals surface area contributed by atoms with Crippen LogP contribution in [0.5, 0.6) is 5.75 Å². The highest BCUT2D eigenvalue weighted by atomic mass is 32.2. The number of nitrogens with one attached hydrogen (secondary N) is 1.